The van der Waals surface area contributed by atoms with Crippen molar-refractivity contribution in [2.24, 2.45) is 11.5 Å². The third-order valence-corrected chi connectivity index (χ3v) is 5.10. The molecule has 0 spiro atoms. The summed E-state index contributed by atoms with van der Waals surface area (Å²) in [5.74, 6) is -0.679. The number of aldehydes is 1. The molecule has 14 heteroatoms. The molecule has 6 N–H and O–H groups in total. The highest BCUT2D eigenvalue weighted by molar-refractivity contribution is 5.80. The van der Waals surface area contributed by atoms with Crippen LogP contribution in [0.5, 0.6) is 5.75 Å². The topological polar surface area (TPSA) is 163 Å². The lowest BCUT2D eigenvalue weighted by Gasteiger charge is -2.11. The Morgan fingerprint density at radius 3 is 2.51 bits per heavy atom. The number of benzene rings is 1. The van der Waals surface area contributed by atoms with Gasteiger partial charge in [-0.25, -0.2) is 0 Å². The number of nitrogens with one attached hydrogen (secondary N) is 2. The van der Waals surface area contributed by atoms with E-state index in [1.807, 2.05) is 14.1 Å². The largest absolute Gasteiger partial charge is 0.573 e. The summed E-state index contributed by atoms with van der Waals surface area (Å²) in [5, 5.41) is 12.8. The monoisotopic (exact) mass is 574 g/mol. The van der Waals surface area contributed by atoms with Crippen LogP contribution in [0.1, 0.15) is 35.4 Å². The highest BCUT2D eigenvalue weighted by Crippen LogP contribution is 2.28. The summed E-state index contributed by atoms with van der Waals surface area (Å²) in [6.45, 7) is 0.601. The predicted octanol–water partition coefficient (Wildman–Crippen LogP) is 3.06. The van der Waals surface area contributed by atoms with Crippen molar-refractivity contribution in [3.05, 3.63) is 83.8 Å². The summed E-state index contributed by atoms with van der Waals surface area (Å²) in [7, 11) is 3.75. The van der Waals surface area contributed by atoms with Crippen molar-refractivity contribution in [2.45, 2.75) is 38.6 Å². The van der Waals surface area contributed by atoms with Gasteiger partial charge in [-0.15, -0.1) is 18.3 Å². The zero-order chi connectivity index (χ0) is 30.3. The minimum absolute atomic E-state index is 0.0927. The molecule has 3 aromatic rings. The number of halogens is 3. The molecule has 0 saturated heterocycles. The van der Waals surface area contributed by atoms with Gasteiger partial charge in [0.15, 0.2) is 6.29 Å². The number of hydrogen-bond acceptors (Lipinski definition) is 9. The van der Waals surface area contributed by atoms with Crippen molar-refractivity contribution >= 4 is 12.2 Å². The fourth-order valence-electron chi connectivity index (χ4n) is 3.40. The molecular weight excluding hydrogens is 541 g/mol. The van der Waals surface area contributed by atoms with E-state index in [0.29, 0.717) is 41.8 Å². The van der Waals surface area contributed by atoms with Crippen molar-refractivity contribution in [1.29, 1.82) is 0 Å². The quantitative estimate of drug-likeness (QED) is 0.145. The minimum Gasteiger partial charge on any atom is -0.406 e. The second-order valence-corrected chi connectivity index (χ2v) is 8.68. The Morgan fingerprint density at radius 1 is 1.10 bits per heavy atom. The lowest BCUT2D eigenvalue weighted by atomic mass is 10.1. The predicted molar refractivity (Wildman–Crippen MR) is 147 cm³/mol. The van der Waals surface area contributed by atoms with Crippen LogP contribution in [0.4, 0.5) is 13.2 Å². The molecule has 1 amide bonds. The van der Waals surface area contributed by atoms with E-state index in [-0.39, 0.29) is 23.7 Å². The van der Waals surface area contributed by atoms with Gasteiger partial charge in [0, 0.05) is 18.4 Å². The highest BCUT2D eigenvalue weighted by Gasteiger charge is 2.31. The van der Waals surface area contributed by atoms with E-state index in [2.05, 4.69) is 30.7 Å². The Labute approximate surface area is 235 Å². The molecule has 0 bridgehead atoms. The van der Waals surface area contributed by atoms with Gasteiger partial charge in [0.05, 0.1) is 18.3 Å². The Morgan fingerprint density at radius 2 is 1.83 bits per heavy atom. The second kappa shape index (κ2) is 16.4. The number of allylic oxidation sites excluding steroid dienone is 3. The Balaban J connectivity index is 0.00000187. The maximum Gasteiger partial charge on any atom is 0.573 e. The van der Waals surface area contributed by atoms with Crippen LogP contribution in [-0.2, 0) is 17.8 Å². The van der Waals surface area contributed by atoms with Gasteiger partial charge in [0.2, 0.25) is 5.91 Å². The number of carbonyl (C=O) groups is 2. The summed E-state index contributed by atoms with van der Waals surface area (Å²) < 4.78 is 43.1. The van der Waals surface area contributed by atoms with E-state index in [9.17, 15) is 22.8 Å². The van der Waals surface area contributed by atoms with Crippen LogP contribution in [0, 0.1) is 0 Å². The number of aromatic nitrogens is 4. The zero-order valence-electron chi connectivity index (χ0n) is 22.7. The van der Waals surface area contributed by atoms with Gasteiger partial charge in [-0.3, -0.25) is 19.3 Å². The molecule has 0 aliphatic rings. The number of nitrogens with two attached hydrogens (primary N) is 2. The summed E-state index contributed by atoms with van der Waals surface area (Å²) in [6, 6.07) is 8.73. The minimum atomic E-state index is -4.80. The van der Waals surface area contributed by atoms with Crippen molar-refractivity contribution in [2.75, 3.05) is 14.1 Å². The molecule has 220 valence electrons. The molecule has 0 radical (unpaired) electrons. The van der Waals surface area contributed by atoms with Crippen LogP contribution < -0.4 is 26.8 Å². The number of nitrogens with zero attached hydrogens (tertiary/aromatic N) is 4. The van der Waals surface area contributed by atoms with Gasteiger partial charge in [-0.05, 0) is 80.9 Å². The van der Waals surface area contributed by atoms with Gasteiger partial charge in [-0.2, -0.15) is 0 Å². The molecule has 41 heavy (non-hydrogen) atoms. The van der Waals surface area contributed by atoms with E-state index >= 15 is 0 Å². The second-order valence-electron chi connectivity index (χ2n) is 8.68. The first kappa shape index (κ1) is 32.5. The van der Waals surface area contributed by atoms with E-state index in [1.54, 1.807) is 35.2 Å². The summed E-state index contributed by atoms with van der Waals surface area (Å²) >= 11 is 0. The zero-order valence-corrected chi connectivity index (χ0v) is 22.7. The summed E-state index contributed by atoms with van der Waals surface area (Å²) in [5.41, 5.74) is 14.1. The highest BCUT2D eigenvalue weighted by atomic mass is 19.4. The number of aryl methyl sites for hydroxylation is 1. The maximum absolute atomic E-state index is 12.5. The SMILES string of the molecule is CNC.N/C(=C\C=C(/N)NC(=O)Cc1cc(-c2cccc(OC(F)(F)F)c2)ccn1)CCCCn1cc(C=O)nn1. The van der Waals surface area contributed by atoms with Gasteiger partial charge < -0.3 is 26.8 Å². The number of ether oxygens (including phenoxy) is 1. The normalized spacial score (nSPS) is 11.8. The van der Waals surface area contributed by atoms with Crippen molar-refractivity contribution in [3.8, 4) is 16.9 Å². The molecule has 3 rings (SSSR count). The van der Waals surface area contributed by atoms with Crippen LogP contribution in [-0.4, -0.2) is 52.6 Å². The molecule has 2 aromatic heterocycles. The van der Waals surface area contributed by atoms with Crippen LogP contribution in [0.3, 0.4) is 0 Å². The molecule has 2 heterocycles. The number of carbonyl (C=O) groups excluding carboxylic acids is 2. The van der Waals surface area contributed by atoms with Crippen molar-refractivity contribution in [1.82, 2.24) is 30.6 Å². The third kappa shape index (κ3) is 12.8. The molecule has 0 fully saturated rings. The van der Waals surface area contributed by atoms with Crippen LogP contribution in [0.2, 0.25) is 0 Å². The standard InChI is InChI=1S/C25H26F3N7O3.C2H7N/c26-25(27,28)38-22-6-3-4-17(13-22)18-9-10-31-20(12-18)14-24(37)32-23(30)8-7-19(29)5-1-2-11-35-15-21(16-36)33-34-35;1-3-2/h3-4,6-10,12-13,15-16H,1-2,5,11,14,29-30H2,(H,32,37);3H,1-2H3/b19-7-,23-8+;. The lowest BCUT2D eigenvalue weighted by Crippen LogP contribution is -2.29. The Bertz CT molecular complexity index is 1340. The molecule has 0 aliphatic heterocycles. The van der Waals surface area contributed by atoms with Gasteiger partial charge in [-0.1, -0.05) is 17.3 Å². The molecule has 0 saturated carbocycles. The summed E-state index contributed by atoms with van der Waals surface area (Å²) in [4.78, 5) is 27.2. The number of hydrogen-bond donors (Lipinski definition) is 4. The lowest BCUT2D eigenvalue weighted by molar-refractivity contribution is -0.274. The molecular formula is C27H33F3N8O3. The first-order valence-corrected chi connectivity index (χ1v) is 12.5. The van der Waals surface area contributed by atoms with E-state index in [1.165, 1.54) is 30.5 Å². The fraction of sp³-hybridized carbons (Fsp3) is 0.296. The van der Waals surface area contributed by atoms with Crippen LogP contribution in [0.15, 0.2) is 72.5 Å². The maximum atomic E-state index is 12.5. The van der Waals surface area contributed by atoms with E-state index in [4.69, 9.17) is 11.5 Å². The smallest absolute Gasteiger partial charge is 0.406 e. The first-order valence-electron chi connectivity index (χ1n) is 12.5. The number of alkyl halides is 3. The number of pyridine rings is 1. The van der Waals surface area contributed by atoms with E-state index < -0.39 is 12.3 Å². The van der Waals surface area contributed by atoms with Gasteiger partial charge in [0.25, 0.3) is 0 Å². The van der Waals surface area contributed by atoms with Gasteiger partial charge in [0.1, 0.15) is 17.3 Å². The molecule has 0 aliphatic carbocycles. The van der Waals surface area contributed by atoms with E-state index in [0.717, 1.165) is 12.8 Å². The molecule has 0 atom stereocenters. The number of rotatable bonds is 12. The van der Waals surface area contributed by atoms with Crippen LogP contribution in [0.25, 0.3) is 11.1 Å². The Kier molecular flexibility index (Phi) is 13.0. The summed E-state index contributed by atoms with van der Waals surface area (Å²) in [6.07, 6.45) is 3.98. The number of amides is 1. The fourth-order valence-corrected chi connectivity index (χ4v) is 3.40. The molecule has 1 aromatic carbocycles. The van der Waals surface area contributed by atoms with Crippen molar-refractivity contribution in [3.63, 3.8) is 0 Å². The third-order valence-electron chi connectivity index (χ3n) is 5.10. The Hall–Kier alpha value is -4.72. The average molecular weight is 575 g/mol. The van der Waals surface area contributed by atoms with Gasteiger partial charge >= 0.3 is 6.36 Å². The number of unbranched alkanes of at least 4 members (excludes halogenated alkanes) is 1. The molecule has 11 nitrogen and oxygen atoms in total. The molecule has 0 unspecified atom stereocenters. The first-order chi connectivity index (χ1) is 19.5. The average Bonchev–Trinajstić information content (AvgIpc) is 3.38. The van der Waals surface area contributed by atoms with Crippen LogP contribution >= 0.6 is 0 Å². The van der Waals surface area contributed by atoms with Crippen molar-refractivity contribution < 1.29 is 27.5 Å².